The maximum absolute atomic E-state index is 12.8. The van der Waals surface area contributed by atoms with E-state index < -0.39 is 0 Å². The van der Waals surface area contributed by atoms with Crippen molar-refractivity contribution in [3.05, 3.63) is 24.0 Å². The van der Waals surface area contributed by atoms with E-state index in [4.69, 9.17) is 5.73 Å². The molecule has 0 atom stereocenters. The van der Waals surface area contributed by atoms with Crippen LogP contribution in [0.2, 0.25) is 0 Å². The first-order valence-corrected chi connectivity index (χ1v) is 6.32. The highest BCUT2D eigenvalue weighted by molar-refractivity contribution is 7.99. The van der Waals surface area contributed by atoms with Gasteiger partial charge in [-0.05, 0) is 18.2 Å². The predicted octanol–water partition coefficient (Wildman–Crippen LogP) is 1.05. The highest BCUT2D eigenvalue weighted by Crippen LogP contribution is 2.25. The van der Waals surface area contributed by atoms with Gasteiger partial charge in [-0.1, -0.05) is 0 Å². The number of nitrogens with zero attached hydrogens (tertiary/aromatic N) is 1. The van der Waals surface area contributed by atoms with Crippen LogP contribution in [0.15, 0.2) is 23.1 Å². The topological polar surface area (TPSA) is 75.4 Å². The Morgan fingerprint density at radius 1 is 1.44 bits per heavy atom. The van der Waals surface area contributed by atoms with Gasteiger partial charge in [0.25, 0.3) is 0 Å². The van der Waals surface area contributed by atoms with Gasteiger partial charge in [0.05, 0.1) is 6.54 Å². The van der Waals surface area contributed by atoms with Gasteiger partial charge in [-0.25, -0.2) is 9.18 Å². The molecule has 18 heavy (non-hydrogen) atoms. The second-order valence-corrected chi connectivity index (χ2v) is 4.87. The number of benzene rings is 1. The molecule has 1 fully saturated rings. The van der Waals surface area contributed by atoms with Gasteiger partial charge in [0.15, 0.2) is 0 Å². The van der Waals surface area contributed by atoms with Crippen LogP contribution in [-0.2, 0) is 4.79 Å². The fraction of sp³-hybridized carbons (Fsp3) is 0.273. The molecule has 0 saturated carbocycles. The molecule has 0 aliphatic carbocycles. The monoisotopic (exact) mass is 269 g/mol. The number of hydrogen-bond acceptors (Lipinski definition) is 4. The van der Waals surface area contributed by atoms with Gasteiger partial charge in [-0.3, -0.25) is 9.69 Å². The van der Waals surface area contributed by atoms with Crippen LogP contribution < -0.4 is 11.1 Å². The van der Waals surface area contributed by atoms with E-state index >= 15 is 0 Å². The highest BCUT2D eigenvalue weighted by atomic mass is 32.2. The van der Waals surface area contributed by atoms with Gasteiger partial charge in [-0.15, -0.1) is 11.8 Å². The van der Waals surface area contributed by atoms with Crippen molar-refractivity contribution in [2.24, 2.45) is 0 Å². The molecular formula is C11H12FN3O2S. The summed E-state index contributed by atoms with van der Waals surface area (Å²) >= 11 is 1.38. The number of urea groups is 1. The lowest BCUT2D eigenvalue weighted by Crippen LogP contribution is -2.32. The molecule has 1 aromatic rings. The summed E-state index contributed by atoms with van der Waals surface area (Å²) in [6, 6.07) is 3.79. The number of hydrogen-bond donors (Lipinski definition) is 2. The second kappa shape index (κ2) is 5.26. The lowest BCUT2D eigenvalue weighted by Gasteiger charge is -2.12. The summed E-state index contributed by atoms with van der Waals surface area (Å²) in [6.07, 6.45) is 0. The van der Waals surface area contributed by atoms with E-state index in [0.29, 0.717) is 18.0 Å². The zero-order chi connectivity index (χ0) is 13.1. The molecule has 0 spiro atoms. The standard InChI is InChI=1S/C11H12FN3O2S/c12-7-1-2-9(8(13)5-7)18-4-3-15-10(16)6-14-11(15)17/h1-2,5H,3-4,6,13H2,(H,14,17). The SMILES string of the molecule is Nc1cc(F)ccc1SCCN1C(=O)CNC1=O. The fourth-order valence-electron chi connectivity index (χ4n) is 1.58. The van der Waals surface area contributed by atoms with E-state index in [-0.39, 0.29) is 24.3 Å². The molecule has 1 aromatic carbocycles. The van der Waals surface area contributed by atoms with Crippen LogP contribution in [-0.4, -0.2) is 35.7 Å². The fourth-order valence-corrected chi connectivity index (χ4v) is 2.46. The summed E-state index contributed by atoms with van der Waals surface area (Å²) in [5, 5.41) is 2.44. The van der Waals surface area contributed by atoms with E-state index in [1.54, 1.807) is 6.07 Å². The van der Waals surface area contributed by atoms with Crippen LogP contribution in [0, 0.1) is 5.82 Å². The van der Waals surface area contributed by atoms with E-state index in [1.807, 2.05) is 0 Å². The molecule has 1 aliphatic rings. The largest absolute Gasteiger partial charge is 0.398 e. The number of nitrogen functional groups attached to an aromatic ring is 1. The molecule has 1 heterocycles. The smallest absolute Gasteiger partial charge is 0.324 e. The molecule has 0 radical (unpaired) electrons. The molecule has 5 nitrogen and oxygen atoms in total. The Bertz CT molecular complexity index is 479. The quantitative estimate of drug-likeness (QED) is 0.487. The number of nitrogens with one attached hydrogen (secondary N) is 1. The molecular weight excluding hydrogens is 257 g/mol. The van der Waals surface area contributed by atoms with Crippen molar-refractivity contribution in [3.8, 4) is 0 Å². The Morgan fingerprint density at radius 2 is 2.22 bits per heavy atom. The minimum atomic E-state index is -0.383. The molecule has 3 N–H and O–H groups in total. The van der Waals surface area contributed by atoms with Crippen LogP contribution in [0.1, 0.15) is 0 Å². The number of nitrogens with two attached hydrogens (primary N) is 1. The Kier molecular flexibility index (Phi) is 3.71. The number of imide groups is 1. The summed E-state index contributed by atoms with van der Waals surface area (Å²) in [5.41, 5.74) is 6.01. The van der Waals surface area contributed by atoms with E-state index in [2.05, 4.69) is 5.32 Å². The molecule has 1 aliphatic heterocycles. The first-order valence-electron chi connectivity index (χ1n) is 5.34. The maximum atomic E-state index is 12.8. The van der Waals surface area contributed by atoms with Gasteiger partial charge in [0.2, 0.25) is 5.91 Å². The lowest BCUT2D eigenvalue weighted by molar-refractivity contribution is -0.124. The Labute approximate surface area is 108 Å². The number of halogens is 1. The number of anilines is 1. The van der Waals surface area contributed by atoms with Crippen molar-refractivity contribution in [1.29, 1.82) is 0 Å². The van der Waals surface area contributed by atoms with Crippen LogP contribution in [0.3, 0.4) is 0 Å². The van der Waals surface area contributed by atoms with Gasteiger partial charge in [0, 0.05) is 22.9 Å². The molecule has 0 unspecified atom stereocenters. The van der Waals surface area contributed by atoms with E-state index in [0.717, 1.165) is 9.80 Å². The van der Waals surface area contributed by atoms with Crippen molar-refractivity contribution in [1.82, 2.24) is 10.2 Å². The van der Waals surface area contributed by atoms with Crippen molar-refractivity contribution in [3.63, 3.8) is 0 Å². The first kappa shape index (κ1) is 12.7. The number of amides is 3. The van der Waals surface area contributed by atoms with E-state index in [9.17, 15) is 14.0 Å². The average molecular weight is 269 g/mol. The summed E-state index contributed by atoms with van der Waals surface area (Å²) in [6.45, 7) is 0.369. The van der Waals surface area contributed by atoms with Crippen molar-refractivity contribution in [2.45, 2.75) is 4.90 Å². The van der Waals surface area contributed by atoms with Crippen LogP contribution >= 0.6 is 11.8 Å². The van der Waals surface area contributed by atoms with Crippen molar-refractivity contribution in [2.75, 3.05) is 24.6 Å². The lowest BCUT2D eigenvalue weighted by atomic mass is 10.3. The number of carbonyl (C=O) groups excluding carboxylic acids is 2. The number of thioether (sulfide) groups is 1. The van der Waals surface area contributed by atoms with Crippen molar-refractivity contribution < 1.29 is 14.0 Å². The average Bonchev–Trinajstić information content (AvgIpc) is 2.63. The zero-order valence-corrected chi connectivity index (χ0v) is 10.3. The summed E-state index contributed by atoms with van der Waals surface area (Å²) < 4.78 is 12.8. The third-order valence-electron chi connectivity index (χ3n) is 2.48. The second-order valence-electron chi connectivity index (χ2n) is 3.73. The van der Waals surface area contributed by atoms with Gasteiger partial charge in [-0.2, -0.15) is 0 Å². The van der Waals surface area contributed by atoms with Gasteiger partial charge in [0.1, 0.15) is 5.82 Å². The molecule has 0 aromatic heterocycles. The highest BCUT2D eigenvalue weighted by Gasteiger charge is 2.27. The molecule has 96 valence electrons. The number of carbonyl (C=O) groups is 2. The number of rotatable bonds is 4. The minimum Gasteiger partial charge on any atom is -0.398 e. The van der Waals surface area contributed by atoms with Crippen LogP contribution in [0.5, 0.6) is 0 Å². The van der Waals surface area contributed by atoms with Crippen molar-refractivity contribution >= 4 is 29.4 Å². The van der Waals surface area contributed by atoms with Crippen LogP contribution in [0.25, 0.3) is 0 Å². The minimum absolute atomic E-state index is 0.0577. The third kappa shape index (κ3) is 2.73. The zero-order valence-electron chi connectivity index (χ0n) is 9.48. The summed E-state index contributed by atoms with van der Waals surface area (Å²) in [5.74, 6) is -0.0896. The molecule has 0 bridgehead atoms. The first-order chi connectivity index (χ1) is 8.58. The summed E-state index contributed by atoms with van der Waals surface area (Å²) in [4.78, 5) is 24.4. The molecule has 7 heteroatoms. The molecule has 1 saturated heterocycles. The molecule has 3 amide bonds. The Morgan fingerprint density at radius 3 is 2.83 bits per heavy atom. The van der Waals surface area contributed by atoms with Gasteiger partial charge < -0.3 is 11.1 Å². The van der Waals surface area contributed by atoms with Gasteiger partial charge >= 0.3 is 6.03 Å². The maximum Gasteiger partial charge on any atom is 0.324 e. The van der Waals surface area contributed by atoms with Crippen LogP contribution in [0.4, 0.5) is 14.9 Å². The Hall–Kier alpha value is -1.76. The summed E-state index contributed by atoms with van der Waals surface area (Å²) in [7, 11) is 0. The Balaban J connectivity index is 1.88. The predicted molar refractivity (Wildman–Crippen MR) is 66.6 cm³/mol. The van der Waals surface area contributed by atoms with E-state index in [1.165, 1.54) is 23.9 Å². The normalized spacial score (nSPS) is 15.1. The third-order valence-corrected chi connectivity index (χ3v) is 3.55. The molecule has 2 rings (SSSR count).